The lowest BCUT2D eigenvalue weighted by Gasteiger charge is -2.36. The number of nitrogens with two attached hydrogens (primary N) is 1. The van der Waals surface area contributed by atoms with Gasteiger partial charge < -0.3 is 20.3 Å². The van der Waals surface area contributed by atoms with Gasteiger partial charge in [0.25, 0.3) is 0 Å². The second-order valence-corrected chi connectivity index (χ2v) is 4.98. The molecule has 0 radical (unpaired) electrons. The van der Waals surface area contributed by atoms with Crippen LogP contribution in [-0.4, -0.2) is 43.3 Å². The van der Waals surface area contributed by atoms with Crippen molar-refractivity contribution >= 4 is 17.2 Å². The number of hydrogen-bond donors (Lipinski definition) is 1. The van der Waals surface area contributed by atoms with E-state index in [0.717, 1.165) is 37.7 Å². The van der Waals surface area contributed by atoms with Crippen molar-refractivity contribution in [3.63, 3.8) is 0 Å². The fourth-order valence-electron chi connectivity index (χ4n) is 2.49. The minimum Gasteiger partial charge on any atom is -0.481 e. The molecule has 1 aliphatic rings. The molecule has 0 amide bonds. The molecule has 2 aromatic rings. The van der Waals surface area contributed by atoms with Gasteiger partial charge in [0.2, 0.25) is 5.88 Å². The van der Waals surface area contributed by atoms with Crippen molar-refractivity contribution in [2.45, 2.75) is 0 Å². The average molecular weight is 285 g/mol. The Bertz CT molecular complexity index is 593. The van der Waals surface area contributed by atoms with Crippen molar-refractivity contribution in [3.8, 4) is 5.88 Å². The fraction of sp³-hybridized carbons (Fsp3) is 0.333. The van der Waals surface area contributed by atoms with Crippen LogP contribution in [0.15, 0.2) is 36.7 Å². The number of pyridine rings is 2. The molecule has 3 rings (SSSR count). The molecule has 1 aliphatic heterocycles. The van der Waals surface area contributed by atoms with E-state index >= 15 is 0 Å². The Morgan fingerprint density at radius 1 is 1.05 bits per heavy atom. The third-order valence-corrected chi connectivity index (χ3v) is 3.67. The molecule has 2 N–H and O–H groups in total. The van der Waals surface area contributed by atoms with Gasteiger partial charge in [-0.05, 0) is 18.2 Å². The molecular weight excluding hydrogens is 266 g/mol. The minimum absolute atomic E-state index is 0.648. The summed E-state index contributed by atoms with van der Waals surface area (Å²) in [5.74, 6) is 1.63. The third kappa shape index (κ3) is 2.99. The Hall–Kier alpha value is -2.50. The summed E-state index contributed by atoms with van der Waals surface area (Å²) in [6.07, 6.45) is 3.48. The minimum atomic E-state index is 0.648. The van der Waals surface area contributed by atoms with Crippen LogP contribution in [0.5, 0.6) is 5.88 Å². The van der Waals surface area contributed by atoms with Gasteiger partial charge in [0.1, 0.15) is 5.82 Å². The number of hydrogen-bond acceptors (Lipinski definition) is 6. The Kier molecular flexibility index (Phi) is 3.77. The molecule has 0 saturated carbocycles. The molecule has 110 valence electrons. The van der Waals surface area contributed by atoms with Crippen LogP contribution in [0, 0.1) is 0 Å². The number of ether oxygens (including phenoxy) is 1. The van der Waals surface area contributed by atoms with Gasteiger partial charge in [0, 0.05) is 44.1 Å². The summed E-state index contributed by atoms with van der Waals surface area (Å²) in [6.45, 7) is 3.75. The smallest absolute Gasteiger partial charge is 0.214 e. The maximum absolute atomic E-state index is 5.67. The van der Waals surface area contributed by atoms with E-state index in [1.807, 2.05) is 24.3 Å². The summed E-state index contributed by atoms with van der Waals surface area (Å²) in [7, 11) is 1.64. The van der Waals surface area contributed by atoms with Gasteiger partial charge in [-0.2, -0.15) is 0 Å². The largest absolute Gasteiger partial charge is 0.481 e. The normalized spacial score (nSPS) is 15.1. The molecular formula is C15H19N5O. The lowest BCUT2D eigenvalue weighted by Crippen LogP contribution is -2.46. The van der Waals surface area contributed by atoms with E-state index in [0.29, 0.717) is 11.6 Å². The van der Waals surface area contributed by atoms with Gasteiger partial charge in [0.15, 0.2) is 0 Å². The Labute approximate surface area is 124 Å². The SMILES string of the molecule is COc1cc(N2CCN(c3ccc(N)cn3)CC2)ccn1. The Morgan fingerprint density at radius 3 is 2.48 bits per heavy atom. The molecule has 1 fully saturated rings. The van der Waals surface area contributed by atoms with Crippen LogP contribution < -0.4 is 20.3 Å². The summed E-state index contributed by atoms with van der Waals surface area (Å²) >= 11 is 0. The number of methoxy groups -OCH3 is 1. The lowest BCUT2D eigenvalue weighted by atomic mass is 10.2. The molecule has 2 aromatic heterocycles. The predicted molar refractivity (Wildman–Crippen MR) is 83.9 cm³/mol. The molecule has 6 nitrogen and oxygen atoms in total. The van der Waals surface area contributed by atoms with Crippen molar-refractivity contribution in [1.82, 2.24) is 9.97 Å². The zero-order valence-corrected chi connectivity index (χ0v) is 12.1. The Balaban J connectivity index is 1.65. The monoisotopic (exact) mass is 285 g/mol. The zero-order chi connectivity index (χ0) is 14.7. The maximum Gasteiger partial charge on any atom is 0.214 e. The highest BCUT2D eigenvalue weighted by Gasteiger charge is 2.18. The second kappa shape index (κ2) is 5.87. The molecule has 0 unspecified atom stereocenters. The van der Waals surface area contributed by atoms with Crippen molar-refractivity contribution in [1.29, 1.82) is 0 Å². The van der Waals surface area contributed by atoms with E-state index in [9.17, 15) is 0 Å². The van der Waals surface area contributed by atoms with Crippen LogP contribution in [-0.2, 0) is 0 Å². The van der Waals surface area contributed by atoms with E-state index in [2.05, 4.69) is 19.8 Å². The lowest BCUT2D eigenvalue weighted by molar-refractivity contribution is 0.398. The van der Waals surface area contributed by atoms with Crippen LogP contribution in [0.25, 0.3) is 0 Å². The Morgan fingerprint density at radius 2 is 1.81 bits per heavy atom. The number of nitrogens with zero attached hydrogens (tertiary/aromatic N) is 4. The quantitative estimate of drug-likeness (QED) is 0.919. The fourth-order valence-corrected chi connectivity index (χ4v) is 2.49. The molecule has 21 heavy (non-hydrogen) atoms. The first-order chi connectivity index (χ1) is 10.3. The van der Waals surface area contributed by atoms with Crippen LogP contribution in [0.2, 0.25) is 0 Å². The molecule has 1 saturated heterocycles. The molecule has 0 spiro atoms. The summed E-state index contributed by atoms with van der Waals surface area (Å²) in [5, 5.41) is 0. The van der Waals surface area contributed by atoms with E-state index in [-0.39, 0.29) is 0 Å². The first-order valence-electron chi connectivity index (χ1n) is 6.98. The van der Waals surface area contributed by atoms with E-state index in [1.165, 1.54) is 0 Å². The van der Waals surface area contributed by atoms with Crippen LogP contribution in [0.4, 0.5) is 17.2 Å². The molecule has 3 heterocycles. The highest BCUT2D eigenvalue weighted by Crippen LogP contribution is 2.21. The third-order valence-electron chi connectivity index (χ3n) is 3.67. The molecule has 0 aliphatic carbocycles. The van der Waals surface area contributed by atoms with Gasteiger partial charge in [-0.25, -0.2) is 9.97 Å². The highest BCUT2D eigenvalue weighted by molar-refractivity contribution is 5.51. The van der Waals surface area contributed by atoms with Crippen molar-refractivity contribution in [3.05, 3.63) is 36.7 Å². The zero-order valence-electron chi connectivity index (χ0n) is 12.1. The molecule has 6 heteroatoms. The highest BCUT2D eigenvalue weighted by atomic mass is 16.5. The second-order valence-electron chi connectivity index (χ2n) is 4.98. The molecule has 0 aromatic carbocycles. The summed E-state index contributed by atoms with van der Waals surface area (Å²) in [4.78, 5) is 13.1. The summed E-state index contributed by atoms with van der Waals surface area (Å²) < 4.78 is 5.18. The van der Waals surface area contributed by atoms with Gasteiger partial charge in [-0.3, -0.25) is 0 Å². The number of rotatable bonds is 3. The molecule has 0 atom stereocenters. The van der Waals surface area contributed by atoms with Gasteiger partial charge in [0.05, 0.1) is 19.0 Å². The van der Waals surface area contributed by atoms with E-state index in [4.69, 9.17) is 10.5 Å². The molecule has 0 bridgehead atoms. The van der Waals surface area contributed by atoms with Gasteiger partial charge in [-0.1, -0.05) is 0 Å². The number of aromatic nitrogens is 2. The maximum atomic E-state index is 5.67. The van der Waals surface area contributed by atoms with Crippen molar-refractivity contribution < 1.29 is 4.74 Å². The van der Waals surface area contributed by atoms with E-state index in [1.54, 1.807) is 19.5 Å². The predicted octanol–water partition coefficient (Wildman–Crippen LogP) is 1.39. The number of piperazine rings is 1. The van der Waals surface area contributed by atoms with Crippen LogP contribution >= 0.6 is 0 Å². The van der Waals surface area contributed by atoms with Crippen molar-refractivity contribution in [2.24, 2.45) is 0 Å². The van der Waals surface area contributed by atoms with Gasteiger partial charge >= 0.3 is 0 Å². The first kappa shape index (κ1) is 13.5. The van der Waals surface area contributed by atoms with Crippen LogP contribution in [0.3, 0.4) is 0 Å². The van der Waals surface area contributed by atoms with Gasteiger partial charge in [-0.15, -0.1) is 0 Å². The van der Waals surface area contributed by atoms with Crippen LogP contribution in [0.1, 0.15) is 0 Å². The summed E-state index contributed by atoms with van der Waals surface area (Å²) in [5.41, 5.74) is 7.52. The first-order valence-corrected chi connectivity index (χ1v) is 6.98. The standard InChI is InChI=1S/C15H19N5O/c1-21-15-10-13(4-5-17-15)19-6-8-20(9-7-19)14-3-2-12(16)11-18-14/h2-5,10-11H,6-9,16H2,1H3. The average Bonchev–Trinajstić information content (AvgIpc) is 2.56. The number of nitrogen functional groups attached to an aromatic ring is 1. The van der Waals surface area contributed by atoms with Crippen molar-refractivity contribution in [2.75, 3.05) is 48.8 Å². The number of anilines is 3. The summed E-state index contributed by atoms with van der Waals surface area (Å²) in [6, 6.07) is 7.85. The van der Waals surface area contributed by atoms with E-state index < -0.39 is 0 Å². The topological polar surface area (TPSA) is 67.5 Å².